The molecule has 2 aromatic carbocycles. The summed E-state index contributed by atoms with van der Waals surface area (Å²) >= 11 is 6.06. The van der Waals surface area contributed by atoms with Gasteiger partial charge < -0.3 is 5.73 Å². The molecule has 1 heterocycles. The summed E-state index contributed by atoms with van der Waals surface area (Å²) in [5.74, 6) is 0.627. The molecule has 0 radical (unpaired) electrons. The Labute approximate surface area is 121 Å². The average molecular weight is 286 g/mol. The first-order chi connectivity index (χ1) is 9.65. The summed E-state index contributed by atoms with van der Waals surface area (Å²) in [7, 11) is 0. The Kier molecular flexibility index (Phi) is 3.12. The van der Waals surface area contributed by atoms with E-state index in [2.05, 4.69) is 15.5 Å². The largest absolute Gasteiger partial charge is 0.399 e. The van der Waals surface area contributed by atoms with E-state index in [0.717, 1.165) is 16.8 Å². The first-order valence-electron chi connectivity index (χ1n) is 6.06. The smallest absolute Gasteiger partial charge is 0.187 e. The Bertz CT molecular complexity index is 766. The lowest BCUT2D eigenvalue weighted by molar-refractivity contribution is 0.787. The molecule has 20 heavy (non-hydrogen) atoms. The molecule has 0 atom stereocenters. The zero-order valence-electron chi connectivity index (χ0n) is 10.8. The number of hydrogen-bond donors (Lipinski definition) is 1. The topological polar surface area (TPSA) is 69.6 Å². The number of hydrogen-bond acceptors (Lipinski definition) is 4. The molecule has 5 nitrogen and oxygen atoms in total. The fourth-order valence-corrected chi connectivity index (χ4v) is 2.18. The van der Waals surface area contributed by atoms with E-state index >= 15 is 0 Å². The Hall–Kier alpha value is -2.40. The lowest BCUT2D eigenvalue weighted by Gasteiger charge is -2.08. The van der Waals surface area contributed by atoms with E-state index in [1.54, 1.807) is 4.68 Å². The number of anilines is 1. The molecule has 6 heteroatoms. The molecule has 100 valence electrons. The highest BCUT2D eigenvalue weighted by atomic mass is 35.5. The molecule has 0 aliphatic heterocycles. The van der Waals surface area contributed by atoms with E-state index < -0.39 is 0 Å². The van der Waals surface area contributed by atoms with E-state index in [1.165, 1.54) is 0 Å². The second kappa shape index (κ2) is 4.94. The van der Waals surface area contributed by atoms with Crippen LogP contribution in [0.4, 0.5) is 5.69 Å². The molecule has 0 saturated heterocycles. The van der Waals surface area contributed by atoms with Crippen LogP contribution in [0.5, 0.6) is 0 Å². The molecule has 0 amide bonds. The summed E-state index contributed by atoms with van der Waals surface area (Å²) in [6, 6.07) is 13.0. The van der Waals surface area contributed by atoms with E-state index in [4.69, 9.17) is 17.3 Å². The number of nitrogen functional groups attached to an aromatic ring is 1. The Morgan fingerprint density at radius 2 is 2.00 bits per heavy atom. The highest BCUT2D eigenvalue weighted by Gasteiger charge is 2.13. The van der Waals surface area contributed by atoms with Crippen LogP contribution in [0.1, 0.15) is 5.56 Å². The summed E-state index contributed by atoms with van der Waals surface area (Å²) in [6.07, 6.45) is 0. The number of benzene rings is 2. The van der Waals surface area contributed by atoms with Gasteiger partial charge >= 0.3 is 0 Å². The SMILES string of the molecule is Cc1ccc(Cl)cc1-n1nnnc1-c1cccc(N)c1. The minimum Gasteiger partial charge on any atom is -0.399 e. The van der Waals surface area contributed by atoms with Crippen molar-refractivity contribution in [3.63, 3.8) is 0 Å². The number of halogens is 1. The third-order valence-electron chi connectivity index (χ3n) is 3.01. The van der Waals surface area contributed by atoms with Crippen molar-refractivity contribution in [2.45, 2.75) is 6.92 Å². The van der Waals surface area contributed by atoms with E-state index in [0.29, 0.717) is 16.5 Å². The van der Waals surface area contributed by atoms with Crippen LogP contribution in [0.15, 0.2) is 42.5 Å². The van der Waals surface area contributed by atoms with E-state index in [-0.39, 0.29) is 0 Å². The van der Waals surface area contributed by atoms with Crippen LogP contribution >= 0.6 is 11.6 Å². The maximum atomic E-state index is 6.06. The summed E-state index contributed by atoms with van der Waals surface area (Å²) in [5.41, 5.74) is 9.21. The Morgan fingerprint density at radius 1 is 1.15 bits per heavy atom. The van der Waals surface area contributed by atoms with Crippen molar-refractivity contribution >= 4 is 17.3 Å². The molecule has 1 aromatic heterocycles. The van der Waals surface area contributed by atoms with Gasteiger partial charge in [-0.2, -0.15) is 4.68 Å². The molecule has 0 unspecified atom stereocenters. The van der Waals surface area contributed by atoms with Gasteiger partial charge in [-0.3, -0.25) is 0 Å². The second-order valence-electron chi connectivity index (χ2n) is 4.47. The first kappa shape index (κ1) is 12.6. The highest BCUT2D eigenvalue weighted by Crippen LogP contribution is 2.24. The molecule has 0 aliphatic carbocycles. The number of tetrazole rings is 1. The van der Waals surface area contributed by atoms with Gasteiger partial charge in [-0.15, -0.1) is 5.10 Å². The van der Waals surface area contributed by atoms with Crippen LogP contribution in [0, 0.1) is 6.92 Å². The maximum absolute atomic E-state index is 6.06. The van der Waals surface area contributed by atoms with Crippen LogP contribution < -0.4 is 5.73 Å². The second-order valence-corrected chi connectivity index (χ2v) is 4.91. The molecule has 0 bridgehead atoms. The fourth-order valence-electron chi connectivity index (χ4n) is 2.02. The normalized spacial score (nSPS) is 10.7. The van der Waals surface area contributed by atoms with Gasteiger partial charge in [0, 0.05) is 16.3 Å². The third-order valence-corrected chi connectivity index (χ3v) is 3.25. The van der Waals surface area contributed by atoms with Gasteiger partial charge in [-0.05, 0) is 47.2 Å². The van der Waals surface area contributed by atoms with Crippen molar-refractivity contribution in [2.75, 3.05) is 5.73 Å². The predicted molar refractivity (Wildman–Crippen MR) is 78.7 cm³/mol. The number of aryl methyl sites for hydroxylation is 1. The Balaban J connectivity index is 2.18. The van der Waals surface area contributed by atoms with Crippen LogP contribution in [-0.4, -0.2) is 20.2 Å². The molecule has 0 fully saturated rings. The van der Waals surface area contributed by atoms with Crippen molar-refractivity contribution < 1.29 is 0 Å². The van der Waals surface area contributed by atoms with Crippen LogP contribution in [-0.2, 0) is 0 Å². The lowest BCUT2D eigenvalue weighted by atomic mass is 10.1. The summed E-state index contributed by atoms with van der Waals surface area (Å²) in [6.45, 7) is 1.98. The molecule has 0 aliphatic rings. The lowest BCUT2D eigenvalue weighted by Crippen LogP contribution is -2.02. The zero-order chi connectivity index (χ0) is 14.1. The van der Waals surface area contributed by atoms with Gasteiger partial charge in [0.2, 0.25) is 0 Å². The molecule has 3 aromatic rings. The first-order valence-corrected chi connectivity index (χ1v) is 6.44. The van der Waals surface area contributed by atoms with Crippen LogP contribution in [0.2, 0.25) is 5.02 Å². The molecule has 2 N–H and O–H groups in total. The van der Waals surface area contributed by atoms with Crippen molar-refractivity contribution in [1.29, 1.82) is 0 Å². The highest BCUT2D eigenvalue weighted by molar-refractivity contribution is 6.30. The minimum atomic E-state index is 0.627. The van der Waals surface area contributed by atoms with Crippen molar-refractivity contribution in [2.24, 2.45) is 0 Å². The molecular weight excluding hydrogens is 274 g/mol. The molecule has 0 saturated carbocycles. The van der Waals surface area contributed by atoms with E-state index in [9.17, 15) is 0 Å². The molecule has 0 spiro atoms. The van der Waals surface area contributed by atoms with Gasteiger partial charge in [-0.1, -0.05) is 29.8 Å². The van der Waals surface area contributed by atoms with Gasteiger partial charge in [-0.25, -0.2) is 0 Å². The Morgan fingerprint density at radius 3 is 2.80 bits per heavy atom. The van der Waals surface area contributed by atoms with Crippen molar-refractivity contribution in [3.8, 4) is 17.1 Å². The zero-order valence-corrected chi connectivity index (χ0v) is 11.5. The van der Waals surface area contributed by atoms with E-state index in [1.807, 2.05) is 49.4 Å². The number of nitrogens with zero attached hydrogens (tertiary/aromatic N) is 4. The quantitative estimate of drug-likeness (QED) is 0.735. The number of aromatic nitrogens is 4. The van der Waals surface area contributed by atoms with Gasteiger partial charge in [0.15, 0.2) is 5.82 Å². The summed E-state index contributed by atoms with van der Waals surface area (Å²) in [4.78, 5) is 0. The predicted octanol–water partition coefficient (Wildman–Crippen LogP) is 2.87. The van der Waals surface area contributed by atoms with Gasteiger partial charge in [0.05, 0.1) is 5.69 Å². The van der Waals surface area contributed by atoms with Crippen molar-refractivity contribution in [1.82, 2.24) is 20.2 Å². The third kappa shape index (κ3) is 2.23. The molecular formula is C14H12ClN5. The van der Waals surface area contributed by atoms with Crippen LogP contribution in [0.3, 0.4) is 0 Å². The monoisotopic (exact) mass is 285 g/mol. The average Bonchev–Trinajstić information content (AvgIpc) is 2.90. The maximum Gasteiger partial charge on any atom is 0.187 e. The minimum absolute atomic E-state index is 0.627. The molecule has 3 rings (SSSR count). The van der Waals surface area contributed by atoms with Crippen molar-refractivity contribution in [3.05, 3.63) is 53.1 Å². The van der Waals surface area contributed by atoms with Crippen LogP contribution in [0.25, 0.3) is 17.1 Å². The summed E-state index contributed by atoms with van der Waals surface area (Å²) in [5, 5.41) is 12.5. The summed E-state index contributed by atoms with van der Waals surface area (Å²) < 4.78 is 1.66. The fraction of sp³-hybridized carbons (Fsp3) is 0.0714. The van der Waals surface area contributed by atoms with Gasteiger partial charge in [0.1, 0.15) is 0 Å². The standard InChI is InChI=1S/C14H12ClN5/c1-9-5-6-11(15)8-13(9)20-14(17-18-19-20)10-3-2-4-12(16)7-10/h2-8H,16H2,1H3. The van der Waals surface area contributed by atoms with Gasteiger partial charge in [0.25, 0.3) is 0 Å². The number of nitrogens with two attached hydrogens (primary N) is 1. The number of rotatable bonds is 2.